The first-order chi connectivity index (χ1) is 6.26. The highest BCUT2D eigenvalue weighted by Crippen LogP contribution is 2.22. The summed E-state index contributed by atoms with van der Waals surface area (Å²) in [6.45, 7) is 7.89. The SMILES string of the molecule is C=CCC.CNC1CCCCC1C. The van der Waals surface area contributed by atoms with Crippen molar-refractivity contribution in [2.45, 2.75) is 52.0 Å². The lowest BCUT2D eigenvalue weighted by molar-refractivity contribution is 0.294. The van der Waals surface area contributed by atoms with Gasteiger partial charge in [-0.1, -0.05) is 32.8 Å². The maximum Gasteiger partial charge on any atom is 0.00896 e. The molecular weight excluding hydrogens is 158 g/mol. The van der Waals surface area contributed by atoms with Gasteiger partial charge in [0.1, 0.15) is 0 Å². The van der Waals surface area contributed by atoms with E-state index in [1.807, 2.05) is 6.08 Å². The fourth-order valence-electron chi connectivity index (χ4n) is 1.75. The van der Waals surface area contributed by atoms with Gasteiger partial charge < -0.3 is 5.32 Å². The molecule has 0 aromatic heterocycles. The summed E-state index contributed by atoms with van der Waals surface area (Å²) in [4.78, 5) is 0. The summed E-state index contributed by atoms with van der Waals surface area (Å²) in [6, 6.07) is 0.804. The molecule has 2 atom stereocenters. The number of nitrogens with one attached hydrogen (secondary N) is 1. The van der Waals surface area contributed by atoms with Crippen LogP contribution in [0.2, 0.25) is 0 Å². The van der Waals surface area contributed by atoms with Crippen molar-refractivity contribution in [3.05, 3.63) is 12.7 Å². The first-order valence-corrected chi connectivity index (χ1v) is 5.54. The second kappa shape index (κ2) is 8.31. The lowest BCUT2D eigenvalue weighted by atomic mass is 9.86. The zero-order valence-corrected chi connectivity index (χ0v) is 9.47. The fraction of sp³-hybridized carbons (Fsp3) is 0.833. The number of hydrogen-bond donors (Lipinski definition) is 1. The number of hydrogen-bond acceptors (Lipinski definition) is 1. The molecule has 0 amide bonds. The maximum atomic E-state index is 3.48. The van der Waals surface area contributed by atoms with Gasteiger partial charge in [0.05, 0.1) is 0 Å². The molecule has 2 unspecified atom stereocenters. The maximum absolute atomic E-state index is 3.48. The van der Waals surface area contributed by atoms with E-state index in [2.05, 4.69) is 32.8 Å². The van der Waals surface area contributed by atoms with Crippen LogP contribution < -0.4 is 5.32 Å². The third-order valence-corrected chi connectivity index (χ3v) is 2.77. The first-order valence-electron chi connectivity index (χ1n) is 5.54. The quantitative estimate of drug-likeness (QED) is 0.647. The molecular formula is C12H25N. The standard InChI is InChI=1S/C8H17N.C4H8/c1-7-5-3-4-6-8(7)9-2;1-3-4-2/h7-9H,3-6H2,1-2H3;3H,1,4H2,2H3. The third-order valence-electron chi connectivity index (χ3n) is 2.77. The molecule has 0 aromatic carbocycles. The van der Waals surface area contributed by atoms with Gasteiger partial charge in [-0.2, -0.15) is 0 Å². The summed E-state index contributed by atoms with van der Waals surface area (Å²) in [5, 5.41) is 3.35. The van der Waals surface area contributed by atoms with Crippen molar-refractivity contribution in [2.24, 2.45) is 5.92 Å². The zero-order chi connectivity index (χ0) is 10.1. The smallest absolute Gasteiger partial charge is 0.00896 e. The predicted molar refractivity (Wildman–Crippen MR) is 61.0 cm³/mol. The molecule has 1 aliphatic carbocycles. The summed E-state index contributed by atoms with van der Waals surface area (Å²) >= 11 is 0. The van der Waals surface area contributed by atoms with Crippen molar-refractivity contribution in [3.63, 3.8) is 0 Å². The molecule has 0 heterocycles. The summed E-state index contributed by atoms with van der Waals surface area (Å²) in [5.74, 6) is 0.906. The van der Waals surface area contributed by atoms with Crippen LogP contribution in [0.15, 0.2) is 12.7 Å². The Labute approximate surface area is 83.6 Å². The highest BCUT2D eigenvalue weighted by Gasteiger charge is 2.18. The van der Waals surface area contributed by atoms with Crippen LogP contribution in [-0.4, -0.2) is 13.1 Å². The molecule has 0 aromatic rings. The molecule has 0 radical (unpaired) electrons. The summed E-state index contributed by atoms with van der Waals surface area (Å²) in [7, 11) is 2.08. The molecule has 1 rings (SSSR count). The number of rotatable bonds is 2. The Morgan fingerprint density at radius 1 is 1.38 bits per heavy atom. The van der Waals surface area contributed by atoms with Gasteiger partial charge in [0, 0.05) is 6.04 Å². The zero-order valence-electron chi connectivity index (χ0n) is 9.47. The minimum atomic E-state index is 0.804. The van der Waals surface area contributed by atoms with Crippen LogP contribution in [-0.2, 0) is 0 Å². The Kier molecular flexibility index (Phi) is 8.11. The van der Waals surface area contributed by atoms with Gasteiger partial charge in [0.25, 0.3) is 0 Å². The van der Waals surface area contributed by atoms with Crippen molar-refractivity contribution in [2.75, 3.05) is 7.05 Å². The Morgan fingerprint density at radius 2 is 1.92 bits per heavy atom. The first kappa shape index (κ1) is 12.7. The molecule has 0 spiro atoms. The van der Waals surface area contributed by atoms with Gasteiger partial charge in [-0.15, -0.1) is 6.58 Å². The van der Waals surface area contributed by atoms with E-state index in [9.17, 15) is 0 Å². The van der Waals surface area contributed by atoms with Gasteiger partial charge in [-0.3, -0.25) is 0 Å². The van der Waals surface area contributed by atoms with Crippen molar-refractivity contribution in [1.82, 2.24) is 5.32 Å². The summed E-state index contributed by atoms with van der Waals surface area (Å²) < 4.78 is 0. The molecule has 1 aliphatic rings. The average molecular weight is 183 g/mol. The van der Waals surface area contributed by atoms with E-state index >= 15 is 0 Å². The van der Waals surface area contributed by atoms with E-state index in [0.717, 1.165) is 18.4 Å². The van der Waals surface area contributed by atoms with Crippen LogP contribution in [0.4, 0.5) is 0 Å². The monoisotopic (exact) mass is 183 g/mol. The minimum absolute atomic E-state index is 0.804. The predicted octanol–water partition coefficient (Wildman–Crippen LogP) is 3.37. The topological polar surface area (TPSA) is 12.0 Å². The van der Waals surface area contributed by atoms with Gasteiger partial charge >= 0.3 is 0 Å². The summed E-state index contributed by atoms with van der Waals surface area (Å²) in [5.41, 5.74) is 0. The lowest BCUT2D eigenvalue weighted by Gasteiger charge is -2.27. The third kappa shape index (κ3) is 5.87. The van der Waals surface area contributed by atoms with Crippen LogP contribution in [0.3, 0.4) is 0 Å². The van der Waals surface area contributed by atoms with Crippen LogP contribution in [0.5, 0.6) is 0 Å². The van der Waals surface area contributed by atoms with E-state index < -0.39 is 0 Å². The van der Waals surface area contributed by atoms with Gasteiger partial charge in [-0.25, -0.2) is 0 Å². The Hall–Kier alpha value is -0.300. The van der Waals surface area contributed by atoms with Crippen LogP contribution in [0, 0.1) is 5.92 Å². The molecule has 0 bridgehead atoms. The van der Waals surface area contributed by atoms with E-state index in [-0.39, 0.29) is 0 Å². The molecule has 0 aliphatic heterocycles. The Balaban J connectivity index is 0.000000310. The molecule has 1 fully saturated rings. The highest BCUT2D eigenvalue weighted by atomic mass is 14.9. The largest absolute Gasteiger partial charge is 0.317 e. The van der Waals surface area contributed by atoms with Crippen molar-refractivity contribution >= 4 is 0 Å². The second-order valence-electron chi connectivity index (χ2n) is 3.85. The number of allylic oxidation sites excluding steroid dienone is 1. The van der Waals surface area contributed by atoms with Crippen molar-refractivity contribution in [1.29, 1.82) is 0 Å². The van der Waals surface area contributed by atoms with Gasteiger partial charge in [0.15, 0.2) is 0 Å². The Bertz CT molecular complexity index is 120. The molecule has 1 nitrogen and oxygen atoms in total. The molecule has 1 N–H and O–H groups in total. The normalized spacial score (nSPS) is 27.3. The van der Waals surface area contributed by atoms with Crippen molar-refractivity contribution < 1.29 is 0 Å². The van der Waals surface area contributed by atoms with Crippen molar-refractivity contribution in [3.8, 4) is 0 Å². The van der Waals surface area contributed by atoms with E-state index in [1.54, 1.807) is 0 Å². The average Bonchev–Trinajstić information content (AvgIpc) is 2.19. The van der Waals surface area contributed by atoms with E-state index in [4.69, 9.17) is 0 Å². The van der Waals surface area contributed by atoms with Crippen LogP contribution in [0.1, 0.15) is 46.0 Å². The second-order valence-corrected chi connectivity index (χ2v) is 3.85. The minimum Gasteiger partial charge on any atom is -0.317 e. The molecule has 13 heavy (non-hydrogen) atoms. The molecule has 78 valence electrons. The molecule has 1 heteroatoms. The fourth-order valence-corrected chi connectivity index (χ4v) is 1.75. The summed E-state index contributed by atoms with van der Waals surface area (Å²) in [6.07, 6.45) is 8.64. The lowest BCUT2D eigenvalue weighted by Crippen LogP contribution is -2.34. The van der Waals surface area contributed by atoms with Crippen LogP contribution >= 0.6 is 0 Å². The van der Waals surface area contributed by atoms with E-state index in [1.165, 1.54) is 25.7 Å². The molecule has 0 saturated heterocycles. The highest BCUT2D eigenvalue weighted by molar-refractivity contribution is 4.75. The molecule has 1 saturated carbocycles. The van der Waals surface area contributed by atoms with Gasteiger partial charge in [-0.05, 0) is 32.2 Å². The van der Waals surface area contributed by atoms with E-state index in [0.29, 0.717) is 0 Å². The Morgan fingerprint density at radius 3 is 2.23 bits per heavy atom. The van der Waals surface area contributed by atoms with Crippen LogP contribution in [0.25, 0.3) is 0 Å². The van der Waals surface area contributed by atoms with Gasteiger partial charge in [0.2, 0.25) is 0 Å².